The van der Waals surface area contributed by atoms with Gasteiger partial charge in [-0.2, -0.15) is 5.26 Å². The van der Waals surface area contributed by atoms with Gasteiger partial charge in [-0.25, -0.2) is 4.98 Å². The maximum absolute atomic E-state index is 9.98. The average molecular weight is 174 g/mol. The smallest absolute Gasteiger partial charge is 0.247 e. The highest BCUT2D eigenvalue weighted by atomic mass is 32.1. The quantitative estimate of drug-likeness (QED) is 0.629. The third-order valence-electron chi connectivity index (χ3n) is 0.796. The van der Waals surface area contributed by atoms with Crippen LogP contribution in [0, 0.1) is 11.3 Å². The molecule has 1 aromatic heterocycles. The Morgan fingerprint density at radius 2 is 2.70 bits per heavy atom. The fourth-order valence-electron chi connectivity index (χ4n) is 0.440. The molecule has 6 heteroatoms. The number of aromatic nitrogens is 1. The summed E-state index contributed by atoms with van der Waals surface area (Å²) in [7, 11) is -1.32. The van der Waals surface area contributed by atoms with E-state index in [-0.39, 0.29) is 5.88 Å². The molecule has 0 spiro atoms. The summed E-state index contributed by atoms with van der Waals surface area (Å²) in [5, 5.41) is 8.38. The lowest BCUT2D eigenvalue weighted by molar-refractivity contribution is 0.516. The summed E-state index contributed by atoms with van der Waals surface area (Å²) in [4.78, 5) is 4.04. The van der Waals surface area contributed by atoms with Crippen LogP contribution in [0.3, 0.4) is 0 Å². The minimum absolute atomic E-state index is 0.178. The van der Waals surface area contributed by atoms with Gasteiger partial charge in [0.15, 0.2) is 4.88 Å². The van der Waals surface area contributed by atoms with Crippen molar-refractivity contribution in [3.63, 3.8) is 0 Å². The number of hydrogen-bond donors (Lipinski definition) is 0. The Morgan fingerprint density at radius 1 is 1.90 bits per heavy atom. The van der Waals surface area contributed by atoms with Crippen LogP contribution < -0.4 is 4.52 Å². The van der Waals surface area contributed by atoms with Crippen molar-refractivity contribution in [1.29, 1.82) is 5.26 Å². The molecule has 1 atom stereocenters. The zero-order chi connectivity index (χ0) is 7.40. The second-order valence-electron chi connectivity index (χ2n) is 1.31. The second-order valence-corrected chi connectivity index (χ2v) is 2.60. The number of hydrogen-bond acceptors (Lipinski definition) is 5. The van der Waals surface area contributed by atoms with Crippen molar-refractivity contribution in [1.82, 2.24) is 4.98 Å². The molecule has 0 bridgehead atoms. The zero-order valence-electron chi connectivity index (χ0n) is 4.77. The van der Waals surface area contributed by atoms with Crippen molar-refractivity contribution in [3.05, 3.63) is 10.4 Å². The van der Waals surface area contributed by atoms with E-state index in [4.69, 9.17) is 5.26 Å². The molecule has 4 nitrogen and oxygen atoms in total. The maximum atomic E-state index is 9.98. The van der Waals surface area contributed by atoms with E-state index in [1.165, 1.54) is 16.8 Å². The molecule has 0 amide bonds. The summed E-state index contributed by atoms with van der Waals surface area (Å²) < 4.78 is 14.6. The van der Waals surface area contributed by atoms with E-state index in [1.807, 2.05) is 6.07 Å². The third kappa shape index (κ3) is 1.35. The molecule has 1 unspecified atom stereocenters. The van der Waals surface area contributed by atoms with Crippen LogP contribution in [0.1, 0.15) is 4.88 Å². The molecular weight excluding hydrogens is 171 g/mol. The van der Waals surface area contributed by atoms with Gasteiger partial charge in [0, 0.05) is 0 Å². The lowest BCUT2D eigenvalue weighted by atomic mass is 10.6. The zero-order valence-corrected chi connectivity index (χ0v) is 6.75. The monoisotopic (exact) mass is 174 g/mol. The van der Waals surface area contributed by atoms with Crippen LogP contribution in [0.25, 0.3) is 0 Å². The highest BCUT2D eigenvalue weighted by molar-refractivity contribution is 7.18. The second kappa shape index (κ2) is 3.35. The van der Waals surface area contributed by atoms with Crippen molar-refractivity contribution in [2.75, 3.05) is 0 Å². The Morgan fingerprint density at radius 3 is 3.30 bits per heavy atom. The van der Waals surface area contributed by atoms with Crippen LogP contribution in [-0.4, -0.2) is 4.98 Å². The topological polar surface area (TPSA) is 63.0 Å². The lowest BCUT2D eigenvalue weighted by Crippen LogP contribution is -1.76. The minimum atomic E-state index is -1.32. The first kappa shape index (κ1) is 7.26. The molecule has 52 valence electrons. The Hall–Kier alpha value is -0.850. The Balaban J connectivity index is 2.92. The van der Waals surface area contributed by atoms with Crippen LogP contribution >= 0.6 is 20.0 Å². The summed E-state index contributed by atoms with van der Waals surface area (Å²) in [5.74, 6) is 0.178. The molecule has 0 N–H and O–H groups in total. The average Bonchev–Trinajstić information content (AvgIpc) is 2.36. The predicted molar refractivity (Wildman–Crippen MR) is 37.9 cm³/mol. The standard InChI is InChI=1S/C4H3N2O2PS/c5-1-3-4(8-9-7)6-2-10-3/h2H,9H2. The van der Waals surface area contributed by atoms with Gasteiger partial charge in [0.1, 0.15) is 6.07 Å². The van der Waals surface area contributed by atoms with E-state index in [1.54, 1.807) is 0 Å². The maximum Gasteiger partial charge on any atom is 0.247 e. The van der Waals surface area contributed by atoms with Crippen LogP contribution in [0.2, 0.25) is 0 Å². The Bertz CT molecular complexity index is 279. The highest BCUT2D eigenvalue weighted by Crippen LogP contribution is 2.21. The number of rotatable bonds is 2. The third-order valence-corrected chi connectivity index (χ3v) is 1.83. The molecule has 0 radical (unpaired) electrons. The molecule has 1 aromatic rings. The summed E-state index contributed by atoms with van der Waals surface area (Å²) in [5.41, 5.74) is 1.48. The van der Waals surface area contributed by atoms with E-state index in [0.29, 0.717) is 4.88 Å². The van der Waals surface area contributed by atoms with Gasteiger partial charge in [0.25, 0.3) is 0 Å². The summed E-state index contributed by atoms with van der Waals surface area (Å²) >= 11 is 1.17. The molecule has 0 aliphatic carbocycles. The van der Waals surface area contributed by atoms with Crippen LogP contribution in [0.5, 0.6) is 5.88 Å². The molecular formula is C4H3N2O2PS. The fourth-order valence-corrected chi connectivity index (χ4v) is 1.30. The van der Waals surface area contributed by atoms with Gasteiger partial charge in [-0.1, -0.05) is 0 Å². The number of nitrogens with zero attached hydrogens (tertiary/aromatic N) is 2. The molecule has 0 aromatic carbocycles. The molecule has 0 aliphatic heterocycles. The molecule has 1 rings (SSSR count). The van der Waals surface area contributed by atoms with Crippen molar-refractivity contribution in [3.8, 4) is 11.9 Å². The SMILES string of the molecule is N#Cc1scnc1O[PH2]=O. The van der Waals surface area contributed by atoms with Crippen LogP contribution in [0.4, 0.5) is 0 Å². The molecule has 0 aliphatic rings. The first-order valence-corrected chi connectivity index (χ1v) is 4.14. The van der Waals surface area contributed by atoms with Gasteiger partial charge in [-0.3, -0.25) is 4.57 Å². The minimum Gasteiger partial charge on any atom is -0.427 e. The van der Waals surface area contributed by atoms with E-state index in [0.717, 1.165) is 0 Å². The first-order chi connectivity index (χ1) is 4.88. The predicted octanol–water partition coefficient (Wildman–Crippen LogP) is 1.06. The van der Waals surface area contributed by atoms with Gasteiger partial charge in [-0.05, 0) is 0 Å². The fraction of sp³-hybridized carbons (Fsp3) is 0. The van der Waals surface area contributed by atoms with E-state index in [2.05, 4.69) is 9.51 Å². The Labute approximate surface area is 62.4 Å². The van der Waals surface area contributed by atoms with Gasteiger partial charge in [0.2, 0.25) is 14.6 Å². The van der Waals surface area contributed by atoms with E-state index in [9.17, 15) is 4.57 Å². The number of nitriles is 1. The Kier molecular flexibility index (Phi) is 2.43. The highest BCUT2D eigenvalue weighted by Gasteiger charge is 2.03. The van der Waals surface area contributed by atoms with Crippen molar-refractivity contribution < 1.29 is 9.09 Å². The van der Waals surface area contributed by atoms with E-state index < -0.39 is 8.69 Å². The van der Waals surface area contributed by atoms with Crippen LogP contribution in [-0.2, 0) is 4.57 Å². The summed E-state index contributed by atoms with van der Waals surface area (Å²) in [6.45, 7) is 0. The van der Waals surface area contributed by atoms with Crippen LogP contribution in [0.15, 0.2) is 5.51 Å². The summed E-state index contributed by atoms with van der Waals surface area (Å²) in [6.07, 6.45) is 0. The molecule has 0 fully saturated rings. The van der Waals surface area contributed by atoms with Crippen molar-refractivity contribution >= 4 is 20.0 Å². The first-order valence-electron chi connectivity index (χ1n) is 2.32. The van der Waals surface area contributed by atoms with Gasteiger partial charge in [0.05, 0.1) is 5.51 Å². The van der Waals surface area contributed by atoms with Crippen molar-refractivity contribution in [2.24, 2.45) is 0 Å². The lowest BCUT2D eigenvalue weighted by Gasteiger charge is -1.88. The molecule has 0 saturated heterocycles. The molecule has 1 heterocycles. The van der Waals surface area contributed by atoms with Gasteiger partial charge in [-0.15, -0.1) is 11.3 Å². The van der Waals surface area contributed by atoms with Gasteiger partial charge < -0.3 is 4.52 Å². The largest absolute Gasteiger partial charge is 0.427 e. The van der Waals surface area contributed by atoms with Crippen molar-refractivity contribution in [2.45, 2.75) is 0 Å². The van der Waals surface area contributed by atoms with E-state index >= 15 is 0 Å². The molecule has 10 heavy (non-hydrogen) atoms. The summed E-state index contributed by atoms with van der Waals surface area (Å²) in [6, 6.07) is 1.87. The molecule has 0 saturated carbocycles. The normalized spacial score (nSPS) is 9.90. The van der Waals surface area contributed by atoms with Gasteiger partial charge >= 0.3 is 0 Å². The number of thiazole rings is 1.